The molecule has 0 bridgehead atoms. The Balaban J connectivity index is 2.03. The van der Waals surface area contributed by atoms with Crippen LogP contribution in [0.4, 0.5) is 0 Å². The summed E-state index contributed by atoms with van der Waals surface area (Å²) in [5.41, 5.74) is 6.31. The number of hydrogen-bond acceptors (Lipinski definition) is 5. The fraction of sp³-hybridized carbons (Fsp3) is 0.250. The SMILES string of the molecule is Cc1cc(C(=O)NCc2ncn[nH]2)sc1C#CCN. The summed E-state index contributed by atoms with van der Waals surface area (Å²) < 4.78 is 0. The average molecular weight is 275 g/mol. The summed E-state index contributed by atoms with van der Waals surface area (Å²) in [7, 11) is 0. The maximum Gasteiger partial charge on any atom is 0.261 e. The quantitative estimate of drug-likeness (QED) is 0.707. The Morgan fingerprint density at radius 2 is 2.47 bits per heavy atom. The molecule has 4 N–H and O–H groups in total. The fourth-order valence-electron chi connectivity index (χ4n) is 1.42. The minimum atomic E-state index is -0.148. The fourth-order valence-corrected chi connectivity index (χ4v) is 2.38. The summed E-state index contributed by atoms with van der Waals surface area (Å²) in [5, 5.41) is 9.15. The molecule has 0 aromatic carbocycles. The van der Waals surface area contributed by atoms with Crippen LogP contribution < -0.4 is 11.1 Å². The highest BCUT2D eigenvalue weighted by Crippen LogP contribution is 2.20. The highest BCUT2D eigenvalue weighted by atomic mass is 32.1. The Morgan fingerprint density at radius 3 is 3.16 bits per heavy atom. The lowest BCUT2D eigenvalue weighted by Crippen LogP contribution is -2.22. The molecule has 0 aliphatic carbocycles. The summed E-state index contributed by atoms with van der Waals surface area (Å²) in [6.07, 6.45) is 1.40. The van der Waals surface area contributed by atoms with Gasteiger partial charge in [0.05, 0.1) is 22.8 Å². The van der Waals surface area contributed by atoms with Crippen LogP contribution >= 0.6 is 11.3 Å². The summed E-state index contributed by atoms with van der Waals surface area (Å²) in [6.45, 7) is 2.55. The maximum absolute atomic E-state index is 11.9. The second-order valence-electron chi connectivity index (χ2n) is 3.74. The van der Waals surface area contributed by atoms with Gasteiger partial charge in [0.1, 0.15) is 12.2 Å². The van der Waals surface area contributed by atoms with E-state index in [1.807, 2.05) is 13.0 Å². The second kappa shape index (κ2) is 6.13. The van der Waals surface area contributed by atoms with Gasteiger partial charge in [-0.15, -0.1) is 11.3 Å². The first-order valence-electron chi connectivity index (χ1n) is 5.62. The smallest absolute Gasteiger partial charge is 0.261 e. The predicted octanol–water partition coefficient (Wildman–Crippen LogP) is 0.415. The molecule has 2 rings (SSSR count). The Kier molecular flexibility index (Phi) is 4.28. The van der Waals surface area contributed by atoms with Crippen LogP contribution in [0.1, 0.15) is 25.9 Å². The maximum atomic E-state index is 11.9. The molecule has 1 amide bonds. The van der Waals surface area contributed by atoms with Crippen molar-refractivity contribution in [1.82, 2.24) is 20.5 Å². The number of aryl methyl sites for hydroxylation is 1. The molecule has 2 aromatic rings. The molecule has 19 heavy (non-hydrogen) atoms. The molecule has 0 aliphatic rings. The predicted molar refractivity (Wildman–Crippen MR) is 72.5 cm³/mol. The van der Waals surface area contributed by atoms with E-state index in [0.29, 0.717) is 23.8 Å². The first-order chi connectivity index (χ1) is 9.20. The number of thiophene rings is 1. The van der Waals surface area contributed by atoms with Crippen molar-refractivity contribution in [2.24, 2.45) is 5.73 Å². The zero-order valence-electron chi connectivity index (χ0n) is 10.4. The highest BCUT2D eigenvalue weighted by Gasteiger charge is 2.11. The van der Waals surface area contributed by atoms with E-state index >= 15 is 0 Å². The molecule has 0 saturated carbocycles. The van der Waals surface area contributed by atoms with Crippen LogP contribution in [0.3, 0.4) is 0 Å². The van der Waals surface area contributed by atoms with Crippen molar-refractivity contribution in [3.8, 4) is 11.8 Å². The molecule has 7 heteroatoms. The van der Waals surface area contributed by atoms with Crippen molar-refractivity contribution in [2.75, 3.05) is 6.54 Å². The molecule has 0 atom stereocenters. The van der Waals surface area contributed by atoms with E-state index < -0.39 is 0 Å². The van der Waals surface area contributed by atoms with E-state index in [9.17, 15) is 4.79 Å². The third kappa shape index (κ3) is 3.40. The number of nitrogens with one attached hydrogen (secondary N) is 2. The van der Waals surface area contributed by atoms with E-state index in [1.165, 1.54) is 17.7 Å². The molecule has 0 fully saturated rings. The largest absolute Gasteiger partial charge is 0.344 e. The van der Waals surface area contributed by atoms with Crippen molar-refractivity contribution in [3.63, 3.8) is 0 Å². The lowest BCUT2D eigenvalue weighted by Gasteiger charge is -1.99. The molecule has 0 radical (unpaired) electrons. The molecule has 2 heterocycles. The number of rotatable bonds is 3. The molecule has 0 unspecified atom stereocenters. The number of nitrogens with two attached hydrogens (primary N) is 1. The Bertz CT molecular complexity index is 620. The molecule has 98 valence electrons. The lowest BCUT2D eigenvalue weighted by molar-refractivity contribution is 0.0954. The monoisotopic (exact) mass is 275 g/mol. The highest BCUT2D eigenvalue weighted by molar-refractivity contribution is 7.14. The molecule has 6 nitrogen and oxygen atoms in total. The van der Waals surface area contributed by atoms with Crippen molar-refractivity contribution in [3.05, 3.63) is 33.5 Å². The van der Waals surface area contributed by atoms with Crippen LogP contribution in [-0.2, 0) is 6.54 Å². The van der Waals surface area contributed by atoms with Crippen molar-refractivity contribution in [2.45, 2.75) is 13.5 Å². The molecule has 0 spiro atoms. The van der Waals surface area contributed by atoms with Gasteiger partial charge in [-0.2, -0.15) is 5.10 Å². The van der Waals surface area contributed by atoms with Crippen LogP contribution in [0.5, 0.6) is 0 Å². The standard InChI is InChI=1S/C12H13N5OS/c1-8-5-10(19-9(8)3-2-4-13)12(18)14-6-11-15-7-16-17-11/h5,7H,4,6,13H2,1H3,(H,14,18)(H,15,16,17). The summed E-state index contributed by atoms with van der Waals surface area (Å²) >= 11 is 1.36. The number of amides is 1. The Hall–Kier alpha value is -2.17. The number of carbonyl (C=O) groups excluding carboxylic acids is 1. The zero-order valence-corrected chi connectivity index (χ0v) is 11.2. The Labute approximate surface area is 114 Å². The minimum Gasteiger partial charge on any atom is -0.344 e. The summed E-state index contributed by atoms with van der Waals surface area (Å²) in [5.74, 6) is 6.21. The number of nitrogens with zero attached hydrogens (tertiary/aromatic N) is 2. The van der Waals surface area contributed by atoms with Crippen LogP contribution in [0, 0.1) is 18.8 Å². The van der Waals surface area contributed by atoms with E-state index in [-0.39, 0.29) is 5.91 Å². The second-order valence-corrected chi connectivity index (χ2v) is 4.80. The van der Waals surface area contributed by atoms with E-state index in [4.69, 9.17) is 5.73 Å². The number of H-pyrrole nitrogens is 1. The van der Waals surface area contributed by atoms with Crippen LogP contribution in [0.15, 0.2) is 12.4 Å². The molecule has 0 aliphatic heterocycles. The number of aromatic nitrogens is 3. The van der Waals surface area contributed by atoms with Crippen LogP contribution in [-0.4, -0.2) is 27.6 Å². The summed E-state index contributed by atoms with van der Waals surface area (Å²) in [6, 6.07) is 1.82. The summed E-state index contributed by atoms with van der Waals surface area (Å²) in [4.78, 5) is 17.4. The number of hydrogen-bond donors (Lipinski definition) is 3. The average Bonchev–Trinajstić information content (AvgIpc) is 3.03. The number of carbonyl (C=O) groups is 1. The van der Waals surface area contributed by atoms with Gasteiger partial charge < -0.3 is 11.1 Å². The van der Waals surface area contributed by atoms with Crippen LogP contribution in [0.2, 0.25) is 0 Å². The van der Waals surface area contributed by atoms with E-state index in [0.717, 1.165) is 10.4 Å². The van der Waals surface area contributed by atoms with E-state index in [1.54, 1.807) is 0 Å². The molecule has 0 saturated heterocycles. The first kappa shape index (κ1) is 13.3. The van der Waals surface area contributed by atoms with Gasteiger partial charge in [0.15, 0.2) is 0 Å². The van der Waals surface area contributed by atoms with Crippen molar-refractivity contribution >= 4 is 17.2 Å². The third-order valence-corrected chi connectivity index (χ3v) is 3.48. The van der Waals surface area contributed by atoms with Gasteiger partial charge in [0.2, 0.25) is 0 Å². The lowest BCUT2D eigenvalue weighted by atomic mass is 10.2. The molecule has 2 aromatic heterocycles. The molecular formula is C12H13N5OS. The van der Waals surface area contributed by atoms with Gasteiger partial charge in [0, 0.05) is 0 Å². The van der Waals surface area contributed by atoms with Gasteiger partial charge >= 0.3 is 0 Å². The van der Waals surface area contributed by atoms with Gasteiger partial charge in [0.25, 0.3) is 5.91 Å². The van der Waals surface area contributed by atoms with Gasteiger partial charge in [-0.3, -0.25) is 9.89 Å². The topological polar surface area (TPSA) is 96.7 Å². The van der Waals surface area contributed by atoms with Gasteiger partial charge in [-0.25, -0.2) is 4.98 Å². The van der Waals surface area contributed by atoms with Gasteiger partial charge in [-0.1, -0.05) is 11.8 Å². The first-order valence-corrected chi connectivity index (χ1v) is 6.44. The van der Waals surface area contributed by atoms with Crippen molar-refractivity contribution in [1.29, 1.82) is 0 Å². The van der Waals surface area contributed by atoms with Crippen molar-refractivity contribution < 1.29 is 4.79 Å². The molecular weight excluding hydrogens is 262 g/mol. The Morgan fingerprint density at radius 1 is 1.63 bits per heavy atom. The third-order valence-electron chi connectivity index (χ3n) is 2.33. The zero-order chi connectivity index (χ0) is 13.7. The minimum absolute atomic E-state index is 0.148. The van der Waals surface area contributed by atoms with Gasteiger partial charge in [-0.05, 0) is 18.6 Å². The van der Waals surface area contributed by atoms with Crippen LogP contribution in [0.25, 0.3) is 0 Å². The normalized spacial score (nSPS) is 9.79. The number of aromatic amines is 1. The van der Waals surface area contributed by atoms with E-state index in [2.05, 4.69) is 32.3 Å².